The van der Waals surface area contributed by atoms with Crippen LogP contribution in [0.5, 0.6) is 0 Å². The van der Waals surface area contributed by atoms with Crippen molar-refractivity contribution in [2.75, 3.05) is 24.6 Å². The average molecular weight is 448 g/mol. The summed E-state index contributed by atoms with van der Waals surface area (Å²) in [5.41, 5.74) is -0.430. The van der Waals surface area contributed by atoms with Crippen LogP contribution < -0.4 is 10.0 Å². The lowest BCUT2D eigenvalue weighted by atomic mass is 10.1. The molecule has 8 nitrogen and oxygen atoms in total. The van der Waals surface area contributed by atoms with Crippen LogP contribution in [0.15, 0.2) is 23.1 Å². The van der Waals surface area contributed by atoms with Gasteiger partial charge in [0.05, 0.1) is 28.0 Å². The fraction of sp³-hybridized carbons (Fsp3) is 0.611. The van der Waals surface area contributed by atoms with Gasteiger partial charge in [0, 0.05) is 12.1 Å². The summed E-state index contributed by atoms with van der Waals surface area (Å²) in [6.07, 6.45) is 1.93. The first-order chi connectivity index (χ1) is 13.5. The highest BCUT2D eigenvalue weighted by molar-refractivity contribution is 7.91. The Balaban J connectivity index is 1.83. The maximum Gasteiger partial charge on any atom is 0.254 e. The Labute approximate surface area is 170 Å². The quantitative estimate of drug-likeness (QED) is 0.657. The predicted molar refractivity (Wildman–Crippen MR) is 106 cm³/mol. The largest absolute Gasteiger partial charge is 0.347 e. The fourth-order valence-corrected chi connectivity index (χ4v) is 7.10. The van der Waals surface area contributed by atoms with E-state index in [1.54, 1.807) is 13.8 Å². The highest BCUT2D eigenvalue weighted by Gasteiger charge is 2.42. The molecule has 0 aromatic heterocycles. The van der Waals surface area contributed by atoms with Crippen LogP contribution in [0, 0.1) is 5.82 Å². The van der Waals surface area contributed by atoms with Gasteiger partial charge in [-0.2, -0.15) is 0 Å². The van der Waals surface area contributed by atoms with Gasteiger partial charge in [0.25, 0.3) is 5.91 Å². The van der Waals surface area contributed by atoms with E-state index in [1.807, 2.05) is 4.90 Å². The zero-order valence-corrected chi connectivity index (χ0v) is 18.0. The summed E-state index contributed by atoms with van der Waals surface area (Å²) in [7, 11) is -7.22. The second-order valence-electron chi connectivity index (χ2n) is 7.88. The second-order valence-corrected chi connectivity index (χ2v) is 11.8. The van der Waals surface area contributed by atoms with Crippen molar-refractivity contribution < 1.29 is 26.0 Å². The van der Waals surface area contributed by atoms with Gasteiger partial charge in [-0.3, -0.25) is 9.69 Å². The zero-order valence-electron chi connectivity index (χ0n) is 16.4. The van der Waals surface area contributed by atoms with E-state index in [9.17, 15) is 26.0 Å². The molecule has 0 saturated carbocycles. The van der Waals surface area contributed by atoms with E-state index < -0.39 is 43.2 Å². The maximum absolute atomic E-state index is 14.3. The first-order valence-corrected chi connectivity index (χ1v) is 12.9. The Morgan fingerprint density at radius 2 is 1.86 bits per heavy atom. The number of carbonyl (C=O) groups excluding carboxylic acids is 1. The molecule has 162 valence electrons. The normalized spacial score (nSPS) is 24.8. The second kappa shape index (κ2) is 8.29. The van der Waals surface area contributed by atoms with Gasteiger partial charge in [0.15, 0.2) is 9.84 Å². The molecule has 0 radical (unpaired) electrons. The van der Waals surface area contributed by atoms with Gasteiger partial charge in [0.2, 0.25) is 10.0 Å². The first-order valence-electron chi connectivity index (χ1n) is 9.56. The number of carbonyl (C=O) groups is 1. The molecule has 1 amide bonds. The predicted octanol–water partition coefficient (Wildman–Crippen LogP) is 0.504. The van der Waals surface area contributed by atoms with Gasteiger partial charge in [-0.1, -0.05) is 0 Å². The number of sulfone groups is 1. The number of nitrogens with one attached hydrogen (secondary N) is 2. The van der Waals surface area contributed by atoms with E-state index in [4.69, 9.17) is 0 Å². The molecule has 2 fully saturated rings. The fourth-order valence-electron chi connectivity index (χ4n) is 3.87. The van der Waals surface area contributed by atoms with Crippen LogP contribution in [-0.2, 0) is 19.9 Å². The molecule has 2 heterocycles. The van der Waals surface area contributed by atoms with Crippen molar-refractivity contribution in [2.45, 2.75) is 49.7 Å². The lowest BCUT2D eigenvalue weighted by Gasteiger charge is -2.28. The van der Waals surface area contributed by atoms with Crippen molar-refractivity contribution in [1.29, 1.82) is 0 Å². The number of benzene rings is 1. The molecule has 2 saturated heterocycles. The summed E-state index contributed by atoms with van der Waals surface area (Å²) in [6.45, 7) is 4.81. The molecule has 3 rings (SSSR count). The molecule has 2 N–H and O–H groups in total. The SMILES string of the molecule is CC(C)NS(=O)(=O)c1ccc(F)c(C(=O)NC2CS(=O)(=O)CC2N2CCCC2)c1. The molecule has 29 heavy (non-hydrogen) atoms. The summed E-state index contributed by atoms with van der Waals surface area (Å²) < 4.78 is 65.6. The molecule has 2 aliphatic rings. The molecule has 2 aliphatic heterocycles. The molecule has 2 atom stereocenters. The van der Waals surface area contributed by atoms with Crippen molar-refractivity contribution in [1.82, 2.24) is 14.9 Å². The van der Waals surface area contributed by atoms with E-state index >= 15 is 0 Å². The minimum Gasteiger partial charge on any atom is -0.347 e. The highest BCUT2D eigenvalue weighted by Crippen LogP contribution is 2.23. The van der Waals surface area contributed by atoms with Gasteiger partial charge in [-0.05, 0) is 58.0 Å². The van der Waals surface area contributed by atoms with Gasteiger partial charge >= 0.3 is 0 Å². The number of rotatable bonds is 6. The van der Waals surface area contributed by atoms with Crippen molar-refractivity contribution >= 4 is 25.8 Å². The van der Waals surface area contributed by atoms with Crippen LogP contribution in [0.2, 0.25) is 0 Å². The molecular weight excluding hydrogens is 421 g/mol. The summed E-state index contributed by atoms with van der Waals surface area (Å²) in [4.78, 5) is 14.5. The summed E-state index contributed by atoms with van der Waals surface area (Å²) in [6, 6.07) is 1.59. The Hall–Kier alpha value is -1.56. The van der Waals surface area contributed by atoms with Crippen molar-refractivity contribution in [2.24, 2.45) is 0 Å². The number of hydrogen-bond donors (Lipinski definition) is 2. The monoisotopic (exact) mass is 447 g/mol. The van der Waals surface area contributed by atoms with Crippen molar-refractivity contribution in [3.63, 3.8) is 0 Å². The minimum atomic E-state index is -3.90. The number of amides is 1. The van der Waals surface area contributed by atoms with Crippen LogP contribution >= 0.6 is 0 Å². The number of halogens is 1. The molecule has 0 aliphatic carbocycles. The number of hydrogen-bond acceptors (Lipinski definition) is 6. The standard InChI is InChI=1S/C18H26FN3O5S2/c1-12(2)21-29(26,27)13-5-6-15(19)14(9-13)18(23)20-16-10-28(24,25)11-17(16)22-7-3-4-8-22/h5-6,9,12,16-17,21H,3-4,7-8,10-11H2,1-2H3,(H,20,23). The summed E-state index contributed by atoms with van der Waals surface area (Å²) in [5, 5.41) is 2.62. The zero-order chi connectivity index (χ0) is 21.4. The van der Waals surface area contributed by atoms with Crippen LogP contribution in [0.3, 0.4) is 0 Å². The minimum absolute atomic E-state index is 0.0485. The number of likely N-dealkylation sites (tertiary alicyclic amines) is 1. The van der Waals surface area contributed by atoms with E-state index in [1.165, 1.54) is 0 Å². The van der Waals surface area contributed by atoms with E-state index in [-0.39, 0.29) is 28.5 Å². The van der Waals surface area contributed by atoms with Crippen LogP contribution in [-0.4, -0.2) is 70.4 Å². The molecule has 2 unspecified atom stereocenters. The average Bonchev–Trinajstić information content (AvgIpc) is 3.21. The third kappa shape index (κ3) is 5.14. The number of nitrogens with zero attached hydrogens (tertiary/aromatic N) is 1. The summed E-state index contributed by atoms with van der Waals surface area (Å²) in [5.74, 6) is -1.96. The van der Waals surface area contributed by atoms with Crippen LogP contribution in [0.1, 0.15) is 37.0 Å². The van der Waals surface area contributed by atoms with Crippen molar-refractivity contribution in [3.05, 3.63) is 29.6 Å². The van der Waals surface area contributed by atoms with Gasteiger partial charge < -0.3 is 5.32 Å². The smallest absolute Gasteiger partial charge is 0.254 e. The van der Waals surface area contributed by atoms with Crippen LogP contribution in [0.4, 0.5) is 4.39 Å². The highest BCUT2D eigenvalue weighted by atomic mass is 32.2. The third-order valence-corrected chi connectivity index (χ3v) is 8.51. The Morgan fingerprint density at radius 1 is 1.21 bits per heavy atom. The first kappa shape index (κ1) is 22.1. The lowest BCUT2D eigenvalue weighted by molar-refractivity contribution is 0.0914. The van der Waals surface area contributed by atoms with E-state index in [0.29, 0.717) is 0 Å². The number of sulfonamides is 1. The Kier molecular flexibility index (Phi) is 6.32. The van der Waals surface area contributed by atoms with E-state index in [2.05, 4.69) is 10.0 Å². The maximum atomic E-state index is 14.3. The van der Waals surface area contributed by atoms with Crippen LogP contribution in [0.25, 0.3) is 0 Å². The van der Waals surface area contributed by atoms with Crippen molar-refractivity contribution in [3.8, 4) is 0 Å². The molecule has 0 bridgehead atoms. The lowest BCUT2D eigenvalue weighted by Crippen LogP contribution is -2.50. The molecular formula is C18H26FN3O5S2. The molecule has 1 aromatic rings. The Morgan fingerprint density at radius 3 is 2.48 bits per heavy atom. The van der Waals surface area contributed by atoms with Gasteiger partial charge in [-0.15, -0.1) is 0 Å². The molecule has 0 spiro atoms. The van der Waals surface area contributed by atoms with Gasteiger partial charge in [0.1, 0.15) is 5.82 Å². The van der Waals surface area contributed by atoms with E-state index in [0.717, 1.165) is 44.1 Å². The topological polar surface area (TPSA) is 113 Å². The summed E-state index contributed by atoms with van der Waals surface area (Å²) >= 11 is 0. The molecule has 1 aromatic carbocycles. The molecule has 11 heteroatoms. The Bertz CT molecular complexity index is 989. The van der Waals surface area contributed by atoms with Gasteiger partial charge in [-0.25, -0.2) is 25.9 Å². The third-order valence-electron chi connectivity index (χ3n) is 5.13.